The fourth-order valence-electron chi connectivity index (χ4n) is 3.49. The number of fused-ring (bicyclic) bond motifs is 1. The highest BCUT2D eigenvalue weighted by molar-refractivity contribution is 7.17. The summed E-state index contributed by atoms with van der Waals surface area (Å²) in [6.45, 7) is 2.26. The largest absolute Gasteiger partial charge is 0.497 e. The highest BCUT2D eigenvalue weighted by Crippen LogP contribution is 2.30. The Morgan fingerprint density at radius 3 is 2.77 bits per heavy atom. The standard InChI is InChI=1S/C26H25N3O5S/c1-16-6-7-19(29-25(31)17-4-3-5-20(10-17)33-2)11-23(16)34-14-18-15-35-24-21(18)12-27-13-22(24)26(32)28-8-9-30/h3-7,10-13,15,30H,8-9,14H2,1-2H3,(H,28,32)(H,29,31). The van der Waals surface area contributed by atoms with Crippen LogP contribution in [0.4, 0.5) is 5.69 Å². The molecule has 2 amide bonds. The van der Waals surface area contributed by atoms with Gasteiger partial charge in [0.15, 0.2) is 0 Å². The maximum absolute atomic E-state index is 12.7. The van der Waals surface area contributed by atoms with Gasteiger partial charge in [0.2, 0.25) is 0 Å². The Bertz CT molecular complexity index is 1370. The number of hydrogen-bond acceptors (Lipinski definition) is 7. The van der Waals surface area contributed by atoms with Crippen molar-refractivity contribution < 1.29 is 24.2 Å². The number of amides is 2. The van der Waals surface area contributed by atoms with E-state index in [1.54, 1.807) is 43.6 Å². The molecule has 0 aliphatic carbocycles. The van der Waals surface area contributed by atoms with Gasteiger partial charge in [0.25, 0.3) is 11.8 Å². The molecule has 4 rings (SSSR count). The van der Waals surface area contributed by atoms with Crippen molar-refractivity contribution in [3.63, 3.8) is 0 Å². The molecule has 8 nitrogen and oxygen atoms in total. The third kappa shape index (κ3) is 5.59. The summed E-state index contributed by atoms with van der Waals surface area (Å²) in [6.07, 6.45) is 3.24. The van der Waals surface area contributed by atoms with E-state index >= 15 is 0 Å². The minimum absolute atomic E-state index is 0.128. The number of aliphatic hydroxyl groups is 1. The summed E-state index contributed by atoms with van der Waals surface area (Å²) in [5.41, 5.74) is 3.39. The number of aromatic nitrogens is 1. The van der Waals surface area contributed by atoms with Crippen LogP contribution in [0.2, 0.25) is 0 Å². The fraction of sp³-hybridized carbons (Fsp3) is 0.192. The number of thiophene rings is 1. The Labute approximate surface area is 206 Å². The minimum Gasteiger partial charge on any atom is -0.497 e. The van der Waals surface area contributed by atoms with Gasteiger partial charge < -0.3 is 25.2 Å². The van der Waals surface area contributed by atoms with Gasteiger partial charge in [-0.3, -0.25) is 14.6 Å². The Morgan fingerprint density at radius 2 is 1.97 bits per heavy atom. The van der Waals surface area contributed by atoms with Crippen molar-refractivity contribution in [3.05, 3.63) is 82.5 Å². The van der Waals surface area contributed by atoms with Crippen LogP contribution in [-0.4, -0.2) is 42.2 Å². The molecule has 0 aliphatic rings. The third-order valence-corrected chi connectivity index (χ3v) is 6.44. The van der Waals surface area contributed by atoms with Gasteiger partial charge in [0, 0.05) is 47.2 Å². The molecular formula is C26H25N3O5S. The van der Waals surface area contributed by atoms with Crippen molar-refractivity contribution in [1.82, 2.24) is 10.3 Å². The number of anilines is 1. The van der Waals surface area contributed by atoms with Crippen molar-refractivity contribution in [1.29, 1.82) is 0 Å². The van der Waals surface area contributed by atoms with Crippen LogP contribution >= 0.6 is 11.3 Å². The Kier molecular flexibility index (Phi) is 7.59. The summed E-state index contributed by atoms with van der Waals surface area (Å²) in [7, 11) is 1.56. The predicted molar refractivity (Wildman–Crippen MR) is 135 cm³/mol. The second-order valence-corrected chi connectivity index (χ2v) is 8.64. The first-order valence-corrected chi connectivity index (χ1v) is 11.8. The molecule has 2 aromatic heterocycles. The van der Waals surface area contributed by atoms with Crippen molar-refractivity contribution in [2.24, 2.45) is 0 Å². The van der Waals surface area contributed by atoms with E-state index in [-0.39, 0.29) is 31.6 Å². The van der Waals surface area contributed by atoms with Gasteiger partial charge in [-0.05, 0) is 42.1 Å². The van der Waals surface area contributed by atoms with E-state index in [4.69, 9.17) is 14.6 Å². The van der Waals surface area contributed by atoms with Gasteiger partial charge >= 0.3 is 0 Å². The normalized spacial score (nSPS) is 10.7. The first kappa shape index (κ1) is 24.2. The number of pyridine rings is 1. The van der Waals surface area contributed by atoms with E-state index < -0.39 is 0 Å². The molecule has 3 N–H and O–H groups in total. The summed E-state index contributed by atoms with van der Waals surface area (Å²) in [4.78, 5) is 29.3. The molecule has 0 saturated heterocycles. The zero-order valence-electron chi connectivity index (χ0n) is 19.3. The van der Waals surface area contributed by atoms with E-state index in [9.17, 15) is 9.59 Å². The SMILES string of the molecule is COc1cccc(C(=O)Nc2ccc(C)c(OCc3csc4c(C(=O)NCCO)cncc34)c2)c1. The number of aryl methyl sites for hydroxylation is 1. The van der Waals surface area contributed by atoms with E-state index in [0.717, 1.165) is 21.2 Å². The summed E-state index contributed by atoms with van der Waals surface area (Å²) >= 11 is 1.44. The highest BCUT2D eigenvalue weighted by Gasteiger charge is 2.15. The maximum atomic E-state index is 12.7. The van der Waals surface area contributed by atoms with Gasteiger partial charge in [-0.1, -0.05) is 12.1 Å². The van der Waals surface area contributed by atoms with Crippen LogP contribution in [0, 0.1) is 6.92 Å². The quantitative estimate of drug-likeness (QED) is 0.324. The minimum atomic E-state index is -0.276. The van der Waals surface area contributed by atoms with Crippen LogP contribution in [0.5, 0.6) is 11.5 Å². The van der Waals surface area contributed by atoms with E-state index in [0.29, 0.717) is 28.3 Å². The lowest BCUT2D eigenvalue weighted by molar-refractivity contribution is 0.0945. The van der Waals surface area contributed by atoms with E-state index in [2.05, 4.69) is 15.6 Å². The number of carbonyl (C=O) groups excluding carboxylic acids is 2. The number of aliphatic hydroxyl groups excluding tert-OH is 1. The molecule has 0 bridgehead atoms. The molecular weight excluding hydrogens is 466 g/mol. The van der Waals surface area contributed by atoms with E-state index in [1.807, 2.05) is 24.4 Å². The molecule has 9 heteroatoms. The molecule has 0 radical (unpaired) electrons. The first-order chi connectivity index (χ1) is 17.0. The predicted octanol–water partition coefficient (Wildman–Crippen LogP) is 4.17. The van der Waals surface area contributed by atoms with Crippen LogP contribution in [0.15, 0.2) is 60.2 Å². The molecule has 180 valence electrons. The van der Waals surface area contributed by atoms with Crippen molar-refractivity contribution in [3.8, 4) is 11.5 Å². The molecule has 0 fully saturated rings. The summed E-state index contributed by atoms with van der Waals surface area (Å²) in [5.74, 6) is 0.720. The summed E-state index contributed by atoms with van der Waals surface area (Å²) in [5, 5.41) is 17.3. The maximum Gasteiger partial charge on any atom is 0.255 e. The number of ether oxygens (including phenoxy) is 2. The molecule has 2 heterocycles. The van der Waals surface area contributed by atoms with Gasteiger partial charge in [0.1, 0.15) is 18.1 Å². The molecule has 35 heavy (non-hydrogen) atoms. The lowest BCUT2D eigenvalue weighted by Gasteiger charge is -2.12. The molecule has 4 aromatic rings. The molecule has 0 spiro atoms. The highest BCUT2D eigenvalue weighted by atomic mass is 32.1. The van der Waals surface area contributed by atoms with Crippen LogP contribution in [0.25, 0.3) is 10.1 Å². The third-order valence-electron chi connectivity index (χ3n) is 5.36. The Morgan fingerprint density at radius 1 is 1.11 bits per heavy atom. The van der Waals surface area contributed by atoms with Crippen molar-refractivity contribution in [2.45, 2.75) is 13.5 Å². The molecule has 2 aromatic carbocycles. The second kappa shape index (κ2) is 11.0. The van der Waals surface area contributed by atoms with Gasteiger partial charge in [-0.15, -0.1) is 11.3 Å². The smallest absolute Gasteiger partial charge is 0.255 e. The summed E-state index contributed by atoms with van der Waals surface area (Å²) < 4.78 is 12.1. The first-order valence-electron chi connectivity index (χ1n) is 10.9. The Balaban J connectivity index is 1.49. The average Bonchev–Trinajstić information content (AvgIpc) is 3.30. The number of benzene rings is 2. The van der Waals surface area contributed by atoms with Crippen LogP contribution in [0.1, 0.15) is 31.8 Å². The lowest BCUT2D eigenvalue weighted by Crippen LogP contribution is -2.26. The van der Waals surface area contributed by atoms with Crippen LogP contribution in [-0.2, 0) is 6.61 Å². The number of nitrogens with one attached hydrogen (secondary N) is 2. The van der Waals surface area contributed by atoms with Gasteiger partial charge in [-0.25, -0.2) is 0 Å². The lowest BCUT2D eigenvalue weighted by atomic mass is 10.1. The zero-order chi connectivity index (χ0) is 24.8. The van der Waals surface area contributed by atoms with Crippen molar-refractivity contribution in [2.75, 3.05) is 25.6 Å². The molecule has 0 unspecified atom stereocenters. The average molecular weight is 492 g/mol. The second-order valence-electron chi connectivity index (χ2n) is 7.76. The number of rotatable bonds is 9. The van der Waals surface area contributed by atoms with Gasteiger partial charge in [0.05, 0.1) is 24.0 Å². The van der Waals surface area contributed by atoms with Crippen molar-refractivity contribution >= 4 is 38.9 Å². The number of hydrogen-bond donors (Lipinski definition) is 3. The molecule has 0 saturated carbocycles. The van der Waals surface area contributed by atoms with E-state index in [1.165, 1.54) is 17.5 Å². The molecule has 0 atom stereocenters. The monoisotopic (exact) mass is 491 g/mol. The Hall–Kier alpha value is -3.95. The number of nitrogens with zero attached hydrogens (tertiary/aromatic N) is 1. The number of carbonyl (C=O) groups is 2. The zero-order valence-corrected chi connectivity index (χ0v) is 20.1. The summed E-state index contributed by atoms with van der Waals surface area (Å²) in [6, 6.07) is 12.4. The van der Waals surface area contributed by atoms with Crippen LogP contribution < -0.4 is 20.1 Å². The van der Waals surface area contributed by atoms with Gasteiger partial charge in [-0.2, -0.15) is 0 Å². The van der Waals surface area contributed by atoms with Crippen LogP contribution in [0.3, 0.4) is 0 Å². The topological polar surface area (TPSA) is 110 Å². The fourth-order valence-corrected chi connectivity index (χ4v) is 4.53. The molecule has 0 aliphatic heterocycles. The number of methoxy groups -OCH3 is 1.